The van der Waals surface area contributed by atoms with Crippen LogP contribution in [0.15, 0.2) is 0 Å². The van der Waals surface area contributed by atoms with Gasteiger partial charge in [-0.3, -0.25) is 4.31 Å². The fraction of sp³-hybridized carbons (Fsp3) is 1.00. The molecule has 1 rings (SSSR count). The molecule has 0 spiro atoms. The molecular formula is C7H16BNS. The third kappa shape index (κ3) is 1.93. The summed E-state index contributed by atoms with van der Waals surface area (Å²) in [5.74, 6) is 0.437. The predicted octanol–water partition coefficient (Wildman–Crippen LogP) is 1.26. The smallest absolute Gasteiger partial charge is 0.0718 e. The van der Waals surface area contributed by atoms with Crippen LogP contribution in [0.1, 0.15) is 6.42 Å². The second kappa shape index (κ2) is 2.78. The van der Waals surface area contributed by atoms with E-state index in [2.05, 4.69) is 23.1 Å². The Morgan fingerprint density at radius 3 is 2.20 bits per heavy atom. The monoisotopic (exact) mass is 157 g/mol. The molecule has 0 aromatic heterocycles. The van der Waals surface area contributed by atoms with Crippen LogP contribution in [0.25, 0.3) is 0 Å². The molecular weight excluding hydrogens is 141 g/mol. The van der Waals surface area contributed by atoms with Crippen molar-refractivity contribution in [2.24, 2.45) is 0 Å². The van der Waals surface area contributed by atoms with E-state index in [0.29, 0.717) is 5.82 Å². The molecule has 0 aromatic carbocycles. The number of hydrogen-bond donors (Lipinski definition) is 0. The molecule has 1 aliphatic heterocycles. The van der Waals surface area contributed by atoms with E-state index in [9.17, 15) is 0 Å². The largest absolute Gasteiger partial charge is 0.269 e. The molecule has 3 heteroatoms. The quantitative estimate of drug-likeness (QED) is 0.518. The van der Waals surface area contributed by atoms with Gasteiger partial charge in [0.05, 0.1) is 7.85 Å². The summed E-state index contributed by atoms with van der Waals surface area (Å²) < 4.78 is 2.53. The molecule has 10 heavy (non-hydrogen) atoms. The fourth-order valence-corrected chi connectivity index (χ4v) is 2.54. The first kappa shape index (κ1) is 8.47. The van der Waals surface area contributed by atoms with Crippen molar-refractivity contribution >= 4 is 18.1 Å². The van der Waals surface area contributed by atoms with Crippen molar-refractivity contribution in [3.63, 3.8) is 0 Å². The zero-order valence-corrected chi connectivity index (χ0v) is 7.95. The van der Waals surface area contributed by atoms with Gasteiger partial charge in [-0.05, 0) is 25.2 Å². The highest BCUT2D eigenvalue weighted by Crippen LogP contribution is 2.43. The third-order valence-electron chi connectivity index (χ3n) is 1.96. The fourth-order valence-electron chi connectivity index (χ4n) is 1.25. The van der Waals surface area contributed by atoms with Gasteiger partial charge >= 0.3 is 0 Å². The summed E-state index contributed by atoms with van der Waals surface area (Å²) in [5, 5.41) is 0. The maximum absolute atomic E-state index is 5.79. The Kier molecular flexibility index (Phi) is 2.36. The molecule has 1 atom stereocenters. The molecule has 58 valence electrons. The Labute approximate surface area is 67.0 Å². The molecule has 0 bridgehead atoms. The van der Waals surface area contributed by atoms with E-state index in [1.54, 1.807) is 0 Å². The lowest BCUT2D eigenvalue weighted by atomic mass is 9.87. The Morgan fingerprint density at radius 1 is 1.40 bits per heavy atom. The minimum atomic E-state index is -0.482. The Balaban J connectivity index is 2.45. The van der Waals surface area contributed by atoms with E-state index in [-0.39, 0.29) is 0 Å². The van der Waals surface area contributed by atoms with Crippen molar-refractivity contribution in [3.8, 4) is 0 Å². The van der Waals surface area contributed by atoms with Crippen LogP contribution in [0, 0.1) is 0 Å². The summed E-state index contributed by atoms with van der Waals surface area (Å²) in [4.78, 5) is 0. The first-order chi connectivity index (χ1) is 4.50. The van der Waals surface area contributed by atoms with Crippen molar-refractivity contribution in [3.05, 3.63) is 0 Å². The van der Waals surface area contributed by atoms with Crippen LogP contribution in [0.4, 0.5) is 0 Å². The summed E-state index contributed by atoms with van der Waals surface area (Å²) >= 11 is 0. The molecule has 1 heterocycles. The van der Waals surface area contributed by atoms with Gasteiger partial charge in [-0.25, -0.2) is 0 Å². The minimum Gasteiger partial charge on any atom is -0.269 e. The second-order valence-corrected chi connectivity index (χ2v) is 7.77. The molecule has 0 saturated carbocycles. The van der Waals surface area contributed by atoms with Crippen molar-refractivity contribution in [2.75, 3.05) is 31.9 Å². The summed E-state index contributed by atoms with van der Waals surface area (Å²) in [6.07, 6.45) is 8.16. The van der Waals surface area contributed by atoms with Gasteiger partial charge in [0.25, 0.3) is 0 Å². The van der Waals surface area contributed by atoms with Gasteiger partial charge in [-0.1, -0.05) is 5.82 Å². The molecule has 0 aromatic rings. The van der Waals surface area contributed by atoms with Gasteiger partial charge in [0.15, 0.2) is 0 Å². The topological polar surface area (TPSA) is 3.24 Å². The Hall–Kier alpha value is 0.375. The van der Waals surface area contributed by atoms with Crippen molar-refractivity contribution in [2.45, 2.75) is 12.2 Å². The lowest BCUT2D eigenvalue weighted by Crippen LogP contribution is -2.22. The third-order valence-corrected chi connectivity index (χ3v) is 3.84. The molecule has 0 amide bonds. The molecule has 1 aliphatic rings. The summed E-state index contributed by atoms with van der Waals surface area (Å²) in [6.45, 7) is 2.32. The van der Waals surface area contributed by atoms with E-state index in [1.807, 2.05) is 0 Å². The van der Waals surface area contributed by atoms with Crippen molar-refractivity contribution in [1.82, 2.24) is 4.31 Å². The molecule has 1 saturated heterocycles. The normalized spacial score (nSPS) is 30.9. The lowest BCUT2D eigenvalue weighted by molar-refractivity contribution is 0.574. The van der Waals surface area contributed by atoms with Crippen LogP contribution >= 0.6 is 10.2 Å². The lowest BCUT2D eigenvalue weighted by Gasteiger charge is -2.37. The average molecular weight is 157 g/mol. The molecule has 1 nitrogen and oxygen atoms in total. The van der Waals surface area contributed by atoms with E-state index in [1.165, 1.54) is 13.0 Å². The molecule has 0 aliphatic carbocycles. The van der Waals surface area contributed by atoms with E-state index < -0.39 is 10.2 Å². The maximum atomic E-state index is 5.79. The minimum absolute atomic E-state index is 0.437. The zero-order valence-electron chi connectivity index (χ0n) is 7.13. The molecule has 1 fully saturated rings. The van der Waals surface area contributed by atoms with Gasteiger partial charge in [-0.15, -0.1) is 0 Å². The van der Waals surface area contributed by atoms with Gasteiger partial charge in [-0.2, -0.15) is 10.2 Å². The van der Waals surface area contributed by atoms with Gasteiger partial charge in [0.2, 0.25) is 0 Å². The average Bonchev–Trinajstić information content (AvgIpc) is 2.11. The molecule has 1 unspecified atom stereocenters. The van der Waals surface area contributed by atoms with Crippen LogP contribution < -0.4 is 0 Å². The van der Waals surface area contributed by atoms with Gasteiger partial charge in [0.1, 0.15) is 0 Å². The highest BCUT2D eigenvalue weighted by Gasteiger charge is 2.24. The second-order valence-electron chi connectivity index (χ2n) is 3.71. The van der Waals surface area contributed by atoms with E-state index in [0.717, 1.165) is 6.54 Å². The predicted molar refractivity (Wildman–Crippen MR) is 51.1 cm³/mol. The number of rotatable bonds is 1. The number of nitrogens with zero attached hydrogens (tertiary/aromatic N) is 1. The van der Waals surface area contributed by atoms with Crippen molar-refractivity contribution in [1.29, 1.82) is 0 Å². The maximum Gasteiger partial charge on any atom is 0.0718 e. The van der Waals surface area contributed by atoms with Gasteiger partial charge in [0, 0.05) is 13.1 Å². The van der Waals surface area contributed by atoms with Crippen LogP contribution in [0.5, 0.6) is 0 Å². The van der Waals surface area contributed by atoms with Crippen LogP contribution in [0.3, 0.4) is 0 Å². The Morgan fingerprint density at radius 2 is 2.00 bits per heavy atom. The Bertz CT molecular complexity index is 121. The van der Waals surface area contributed by atoms with Crippen LogP contribution in [-0.4, -0.2) is 44.0 Å². The summed E-state index contributed by atoms with van der Waals surface area (Å²) in [7, 11) is 5.31. The van der Waals surface area contributed by atoms with Gasteiger partial charge < -0.3 is 0 Å². The first-order valence-corrected chi connectivity index (χ1v) is 6.50. The standard InChI is InChI=1S/C7H16BNS/c1-10(2,3)9-5-4-7(8)6-9/h7H,4-6H2,1-3H3. The molecule has 0 N–H and O–H groups in total. The molecule has 2 radical (unpaired) electrons. The van der Waals surface area contributed by atoms with Crippen molar-refractivity contribution < 1.29 is 0 Å². The highest BCUT2D eigenvalue weighted by atomic mass is 32.3. The van der Waals surface area contributed by atoms with E-state index in [4.69, 9.17) is 7.85 Å². The van der Waals surface area contributed by atoms with E-state index >= 15 is 0 Å². The summed E-state index contributed by atoms with van der Waals surface area (Å²) in [5.41, 5.74) is 0. The highest BCUT2D eigenvalue weighted by molar-refractivity contribution is 8.30. The first-order valence-electron chi connectivity index (χ1n) is 3.69. The van der Waals surface area contributed by atoms with Crippen LogP contribution in [0.2, 0.25) is 5.82 Å². The number of hydrogen-bond acceptors (Lipinski definition) is 1. The van der Waals surface area contributed by atoms with Crippen LogP contribution in [-0.2, 0) is 0 Å². The SMILES string of the molecule is [B]C1CCN(S(C)(C)C)C1. The summed E-state index contributed by atoms with van der Waals surface area (Å²) in [6, 6.07) is 0. The zero-order chi connectivity index (χ0) is 7.78.